The van der Waals surface area contributed by atoms with Gasteiger partial charge in [0.15, 0.2) is 0 Å². The number of carbonyl (C=O) groups is 1. The first-order chi connectivity index (χ1) is 8.75. The van der Waals surface area contributed by atoms with E-state index in [2.05, 4.69) is 17.6 Å². The summed E-state index contributed by atoms with van der Waals surface area (Å²) in [6.07, 6.45) is 5.53. The predicted molar refractivity (Wildman–Crippen MR) is 78.6 cm³/mol. The molecule has 112 valence electrons. The highest BCUT2D eigenvalue weighted by molar-refractivity contribution is 5.85. The van der Waals surface area contributed by atoms with E-state index in [9.17, 15) is 4.79 Å². The Hall–Kier alpha value is -0.320. The lowest BCUT2D eigenvalue weighted by Gasteiger charge is -2.27. The second-order valence-corrected chi connectivity index (χ2v) is 5.74. The summed E-state index contributed by atoms with van der Waals surface area (Å²) in [5.74, 6) is 1.26. The van der Waals surface area contributed by atoms with Gasteiger partial charge in [-0.25, -0.2) is 0 Å². The number of ether oxygens (including phenoxy) is 1. The SMILES string of the molecule is C[C@H]1C[C@@H](C(=O)NCCCOCC2CC2)CCN1.Cl. The molecule has 0 aromatic rings. The Kier molecular flexibility index (Phi) is 7.73. The van der Waals surface area contributed by atoms with E-state index in [0.29, 0.717) is 6.04 Å². The Morgan fingerprint density at radius 2 is 2.16 bits per heavy atom. The van der Waals surface area contributed by atoms with Crippen LogP contribution in [-0.2, 0) is 9.53 Å². The van der Waals surface area contributed by atoms with Gasteiger partial charge in [0.2, 0.25) is 5.91 Å². The van der Waals surface area contributed by atoms with Crippen molar-refractivity contribution in [1.82, 2.24) is 10.6 Å². The summed E-state index contributed by atoms with van der Waals surface area (Å²) in [7, 11) is 0. The van der Waals surface area contributed by atoms with E-state index in [0.717, 1.165) is 51.5 Å². The number of hydrogen-bond donors (Lipinski definition) is 2. The average Bonchev–Trinajstić information content (AvgIpc) is 3.17. The van der Waals surface area contributed by atoms with Crippen LogP contribution >= 0.6 is 12.4 Å². The maximum absolute atomic E-state index is 11.9. The van der Waals surface area contributed by atoms with Crippen LogP contribution in [0, 0.1) is 11.8 Å². The van der Waals surface area contributed by atoms with Gasteiger partial charge in [-0.15, -0.1) is 12.4 Å². The molecule has 2 atom stereocenters. The smallest absolute Gasteiger partial charge is 0.223 e. The van der Waals surface area contributed by atoms with Crippen molar-refractivity contribution in [1.29, 1.82) is 0 Å². The molecule has 0 aromatic heterocycles. The molecule has 1 heterocycles. The second-order valence-electron chi connectivity index (χ2n) is 5.74. The van der Waals surface area contributed by atoms with Crippen molar-refractivity contribution in [2.45, 2.75) is 45.1 Å². The first-order valence-corrected chi connectivity index (χ1v) is 7.34. The topological polar surface area (TPSA) is 50.4 Å². The van der Waals surface area contributed by atoms with Crippen LogP contribution in [0.3, 0.4) is 0 Å². The van der Waals surface area contributed by atoms with E-state index in [1.807, 2.05) is 0 Å². The van der Waals surface area contributed by atoms with Crippen LogP contribution < -0.4 is 10.6 Å². The first kappa shape index (κ1) is 16.7. The number of rotatable bonds is 7. The van der Waals surface area contributed by atoms with Crippen LogP contribution in [-0.4, -0.2) is 38.3 Å². The lowest BCUT2D eigenvalue weighted by molar-refractivity contribution is -0.126. The number of carbonyl (C=O) groups excluding carboxylic acids is 1. The van der Waals surface area contributed by atoms with Crippen LogP contribution in [0.4, 0.5) is 0 Å². The third-order valence-electron chi connectivity index (χ3n) is 3.81. The predicted octanol–water partition coefficient (Wildman–Crippen LogP) is 1.73. The van der Waals surface area contributed by atoms with Crippen molar-refractivity contribution in [2.75, 3.05) is 26.3 Å². The molecule has 0 unspecified atom stereocenters. The monoisotopic (exact) mass is 290 g/mol. The molecule has 4 nitrogen and oxygen atoms in total. The van der Waals surface area contributed by atoms with Crippen LogP contribution in [0.2, 0.25) is 0 Å². The molecule has 0 aromatic carbocycles. The molecular formula is C14H27ClN2O2. The molecule has 0 spiro atoms. The molecule has 2 fully saturated rings. The van der Waals surface area contributed by atoms with Crippen molar-refractivity contribution in [3.05, 3.63) is 0 Å². The van der Waals surface area contributed by atoms with E-state index in [4.69, 9.17) is 4.74 Å². The highest BCUT2D eigenvalue weighted by atomic mass is 35.5. The van der Waals surface area contributed by atoms with Crippen molar-refractivity contribution in [2.24, 2.45) is 11.8 Å². The van der Waals surface area contributed by atoms with Crippen molar-refractivity contribution in [3.63, 3.8) is 0 Å². The van der Waals surface area contributed by atoms with Gasteiger partial charge in [-0.2, -0.15) is 0 Å². The van der Waals surface area contributed by atoms with E-state index in [-0.39, 0.29) is 24.2 Å². The molecule has 2 N–H and O–H groups in total. The van der Waals surface area contributed by atoms with Gasteiger partial charge in [-0.1, -0.05) is 0 Å². The highest BCUT2D eigenvalue weighted by Gasteiger charge is 2.24. The molecule has 0 bridgehead atoms. The van der Waals surface area contributed by atoms with Crippen molar-refractivity contribution < 1.29 is 9.53 Å². The summed E-state index contributed by atoms with van der Waals surface area (Å²) in [5, 5.41) is 6.40. The average molecular weight is 291 g/mol. The summed E-state index contributed by atoms with van der Waals surface area (Å²) in [5.41, 5.74) is 0. The lowest BCUT2D eigenvalue weighted by atomic mass is 9.92. The van der Waals surface area contributed by atoms with Crippen molar-refractivity contribution >= 4 is 18.3 Å². The Morgan fingerprint density at radius 3 is 2.84 bits per heavy atom. The molecule has 0 radical (unpaired) electrons. The Labute approximate surface area is 122 Å². The number of hydrogen-bond acceptors (Lipinski definition) is 3. The molecule has 19 heavy (non-hydrogen) atoms. The van der Waals surface area contributed by atoms with Gasteiger partial charge in [-0.3, -0.25) is 4.79 Å². The Balaban J connectivity index is 0.00000180. The van der Waals surface area contributed by atoms with Crippen LogP contribution in [0.15, 0.2) is 0 Å². The molecule has 1 aliphatic heterocycles. The number of nitrogens with one attached hydrogen (secondary N) is 2. The standard InChI is InChI=1S/C14H26N2O2.ClH/c1-11-9-13(5-7-15-11)14(17)16-6-2-8-18-10-12-3-4-12;/h11-13,15H,2-10H2,1H3,(H,16,17);1H/t11-,13-;/m0./s1. The maximum atomic E-state index is 11.9. The first-order valence-electron chi connectivity index (χ1n) is 7.34. The zero-order valence-electron chi connectivity index (χ0n) is 11.8. The van der Waals surface area contributed by atoms with Crippen LogP contribution in [0.5, 0.6) is 0 Å². The van der Waals surface area contributed by atoms with Gasteiger partial charge in [0, 0.05) is 31.7 Å². The Morgan fingerprint density at radius 1 is 1.37 bits per heavy atom. The molecular weight excluding hydrogens is 264 g/mol. The van der Waals surface area contributed by atoms with Gasteiger partial charge >= 0.3 is 0 Å². The maximum Gasteiger partial charge on any atom is 0.223 e. The van der Waals surface area contributed by atoms with E-state index >= 15 is 0 Å². The fourth-order valence-electron chi connectivity index (χ4n) is 2.43. The largest absolute Gasteiger partial charge is 0.381 e. The zero-order valence-corrected chi connectivity index (χ0v) is 12.6. The molecule has 1 saturated carbocycles. The fraction of sp³-hybridized carbons (Fsp3) is 0.929. The fourth-order valence-corrected chi connectivity index (χ4v) is 2.43. The molecule has 1 aliphatic carbocycles. The van der Waals surface area contributed by atoms with Crippen molar-refractivity contribution in [3.8, 4) is 0 Å². The third kappa shape index (κ3) is 6.59. The Bertz CT molecular complexity index is 272. The van der Waals surface area contributed by atoms with E-state index < -0.39 is 0 Å². The number of piperidine rings is 1. The quantitative estimate of drug-likeness (QED) is 0.702. The molecule has 1 amide bonds. The number of amides is 1. The van der Waals surface area contributed by atoms with Crippen LogP contribution in [0.1, 0.15) is 39.0 Å². The summed E-state index contributed by atoms with van der Waals surface area (Å²) in [6, 6.07) is 0.469. The normalized spacial score (nSPS) is 26.6. The van der Waals surface area contributed by atoms with Gasteiger partial charge in [0.1, 0.15) is 0 Å². The van der Waals surface area contributed by atoms with Crippen LogP contribution in [0.25, 0.3) is 0 Å². The summed E-state index contributed by atoms with van der Waals surface area (Å²) in [4.78, 5) is 11.9. The zero-order chi connectivity index (χ0) is 12.8. The van der Waals surface area contributed by atoms with Gasteiger partial charge in [0.05, 0.1) is 0 Å². The minimum absolute atomic E-state index is 0. The summed E-state index contributed by atoms with van der Waals surface area (Å²) in [6.45, 7) is 5.55. The van der Waals surface area contributed by atoms with E-state index in [1.165, 1.54) is 12.8 Å². The molecule has 2 rings (SSSR count). The van der Waals surface area contributed by atoms with Gasteiger partial charge in [0.25, 0.3) is 0 Å². The highest BCUT2D eigenvalue weighted by Crippen LogP contribution is 2.28. The van der Waals surface area contributed by atoms with Gasteiger partial charge < -0.3 is 15.4 Å². The summed E-state index contributed by atoms with van der Waals surface area (Å²) >= 11 is 0. The van der Waals surface area contributed by atoms with E-state index in [1.54, 1.807) is 0 Å². The molecule has 1 saturated heterocycles. The minimum atomic E-state index is 0. The molecule has 2 aliphatic rings. The minimum Gasteiger partial charge on any atom is -0.381 e. The molecule has 5 heteroatoms. The summed E-state index contributed by atoms with van der Waals surface area (Å²) < 4.78 is 5.54. The van der Waals surface area contributed by atoms with Gasteiger partial charge in [-0.05, 0) is 51.5 Å². The lowest BCUT2D eigenvalue weighted by Crippen LogP contribution is -2.42. The number of halogens is 1. The third-order valence-corrected chi connectivity index (χ3v) is 3.81. The second kappa shape index (κ2) is 8.77.